The van der Waals surface area contributed by atoms with Gasteiger partial charge in [-0.05, 0) is 37.2 Å². The molecular weight excluding hydrogens is 352 g/mol. The minimum Gasteiger partial charge on any atom is -0.490 e. The van der Waals surface area contributed by atoms with Crippen molar-refractivity contribution >= 4 is 10.0 Å². The molecule has 0 unspecified atom stereocenters. The number of nitrogens with one attached hydrogen (secondary N) is 1. The first-order valence-corrected chi connectivity index (χ1v) is 10.5. The van der Waals surface area contributed by atoms with Crippen molar-refractivity contribution < 1.29 is 13.2 Å². The monoisotopic (exact) mass is 376 g/mol. The molecule has 2 atom stereocenters. The van der Waals surface area contributed by atoms with Crippen molar-refractivity contribution in [1.82, 2.24) is 19.2 Å². The fraction of sp³-hybridized carbons (Fsp3) is 0.500. The number of likely N-dealkylation sites (N-methyl/N-ethyl adjacent to an activating group) is 1. The number of sulfonamides is 1. The van der Waals surface area contributed by atoms with Gasteiger partial charge in [-0.3, -0.25) is 4.90 Å². The van der Waals surface area contributed by atoms with Gasteiger partial charge in [0, 0.05) is 38.4 Å². The van der Waals surface area contributed by atoms with Gasteiger partial charge in [0.15, 0.2) is 0 Å². The summed E-state index contributed by atoms with van der Waals surface area (Å²) in [6, 6.07) is 5.14. The summed E-state index contributed by atoms with van der Waals surface area (Å²) in [5, 5.41) is 0. The number of piperazine rings is 1. The summed E-state index contributed by atoms with van der Waals surface area (Å²) in [5.41, 5.74) is 0.966. The van der Waals surface area contributed by atoms with E-state index in [0.717, 1.165) is 30.1 Å². The van der Waals surface area contributed by atoms with Gasteiger partial charge in [0.05, 0.1) is 10.9 Å². The number of aromatic nitrogens is 2. The second-order valence-corrected chi connectivity index (χ2v) is 8.82. The van der Waals surface area contributed by atoms with Crippen molar-refractivity contribution in [3.63, 3.8) is 0 Å². The van der Waals surface area contributed by atoms with Crippen LogP contribution in [0.2, 0.25) is 0 Å². The minimum absolute atomic E-state index is 0.0590. The van der Waals surface area contributed by atoms with Crippen LogP contribution in [0.3, 0.4) is 0 Å². The standard InChI is InChI=1S/C18H24N4O3S/c1-3-21-8-9-22(12-16(21)18-19-6-7-20-18)26(23,24)15-4-5-17-14(11-15)10-13(2)25-17/h4-7,11,13,16H,3,8-10,12H2,1-2H3,(H,19,20)/t13-,16+/m0/s1. The maximum atomic E-state index is 13.2. The average molecular weight is 376 g/mol. The number of hydrogen-bond donors (Lipinski definition) is 1. The predicted molar refractivity (Wildman–Crippen MR) is 97.6 cm³/mol. The van der Waals surface area contributed by atoms with E-state index >= 15 is 0 Å². The van der Waals surface area contributed by atoms with E-state index in [9.17, 15) is 8.42 Å². The molecule has 1 saturated heterocycles. The van der Waals surface area contributed by atoms with E-state index in [4.69, 9.17) is 4.74 Å². The highest BCUT2D eigenvalue weighted by Gasteiger charge is 2.36. The summed E-state index contributed by atoms with van der Waals surface area (Å²) in [6.45, 7) is 6.50. The molecule has 4 rings (SSSR count). The number of hydrogen-bond acceptors (Lipinski definition) is 5. The highest BCUT2D eigenvalue weighted by atomic mass is 32.2. The Morgan fingerprint density at radius 1 is 1.35 bits per heavy atom. The van der Waals surface area contributed by atoms with Crippen LogP contribution < -0.4 is 4.74 Å². The summed E-state index contributed by atoms with van der Waals surface area (Å²) in [6.07, 6.45) is 4.33. The van der Waals surface area contributed by atoms with E-state index in [-0.39, 0.29) is 12.1 Å². The van der Waals surface area contributed by atoms with Crippen LogP contribution in [-0.2, 0) is 16.4 Å². The number of nitrogens with zero attached hydrogens (tertiary/aromatic N) is 3. The third kappa shape index (κ3) is 3.02. The van der Waals surface area contributed by atoms with Crippen LogP contribution >= 0.6 is 0 Å². The van der Waals surface area contributed by atoms with E-state index in [1.165, 1.54) is 0 Å². The molecule has 0 aliphatic carbocycles. The number of aromatic amines is 1. The quantitative estimate of drug-likeness (QED) is 0.880. The van der Waals surface area contributed by atoms with E-state index in [1.54, 1.807) is 34.9 Å². The third-order valence-electron chi connectivity index (χ3n) is 5.20. The van der Waals surface area contributed by atoms with Gasteiger partial charge >= 0.3 is 0 Å². The van der Waals surface area contributed by atoms with Gasteiger partial charge in [-0.2, -0.15) is 4.31 Å². The van der Waals surface area contributed by atoms with Crippen LogP contribution in [0.25, 0.3) is 0 Å². The van der Waals surface area contributed by atoms with E-state index in [1.807, 2.05) is 6.92 Å². The molecule has 0 amide bonds. The number of ether oxygens (including phenoxy) is 1. The number of rotatable bonds is 4. The molecule has 0 radical (unpaired) electrons. The largest absolute Gasteiger partial charge is 0.490 e. The Balaban J connectivity index is 1.61. The Kier molecular flexibility index (Phi) is 4.50. The maximum absolute atomic E-state index is 13.2. The maximum Gasteiger partial charge on any atom is 0.243 e. The van der Waals surface area contributed by atoms with Gasteiger partial charge < -0.3 is 9.72 Å². The molecule has 26 heavy (non-hydrogen) atoms. The molecule has 2 aromatic rings. The smallest absolute Gasteiger partial charge is 0.243 e. The highest BCUT2D eigenvalue weighted by Crippen LogP contribution is 2.33. The minimum atomic E-state index is -3.55. The first-order chi connectivity index (χ1) is 12.5. The van der Waals surface area contributed by atoms with Gasteiger partial charge in [0.2, 0.25) is 10.0 Å². The zero-order chi connectivity index (χ0) is 18.3. The molecule has 7 nitrogen and oxygen atoms in total. The molecule has 1 aromatic carbocycles. The average Bonchev–Trinajstić information content (AvgIpc) is 3.28. The lowest BCUT2D eigenvalue weighted by molar-refractivity contribution is 0.119. The Labute approximate surface area is 154 Å². The number of benzene rings is 1. The molecule has 0 spiro atoms. The lowest BCUT2D eigenvalue weighted by Gasteiger charge is -2.39. The van der Waals surface area contributed by atoms with Crippen molar-refractivity contribution in [2.45, 2.75) is 37.3 Å². The van der Waals surface area contributed by atoms with Crippen molar-refractivity contribution in [2.24, 2.45) is 0 Å². The van der Waals surface area contributed by atoms with Gasteiger partial charge in [0.25, 0.3) is 0 Å². The Morgan fingerprint density at radius 3 is 2.92 bits per heavy atom. The van der Waals surface area contributed by atoms with E-state index in [2.05, 4.69) is 21.8 Å². The third-order valence-corrected chi connectivity index (χ3v) is 7.06. The first kappa shape index (κ1) is 17.5. The van der Waals surface area contributed by atoms with Crippen LogP contribution in [0.5, 0.6) is 5.75 Å². The summed E-state index contributed by atoms with van der Waals surface area (Å²) in [4.78, 5) is 10.1. The molecule has 2 aliphatic heterocycles. The Bertz CT molecular complexity index is 882. The van der Waals surface area contributed by atoms with Crippen LogP contribution in [0.15, 0.2) is 35.5 Å². The van der Waals surface area contributed by atoms with Crippen LogP contribution in [0, 0.1) is 0 Å². The van der Waals surface area contributed by atoms with Gasteiger partial charge in [-0.1, -0.05) is 6.92 Å². The van der Waals surface area contributed by atoms with Crippen LogP contribution in [-0.4, -0.2) is 59.9 Å². The zero-order valence-electron chi connectivity index (χ0n) is 15.1. The second kappa shape index (κ2) is 6.68. The molecule has 2 aliphatic rings. The number of fused-ring (bicyclic) bond motifs is 1. The zero-order valence-corrected chi connectivity index (χ0v) is 15.9. The fourth-order valence-corrected chi connectivity index (χ4v) is 5.31. The molecule has 1 N–H and O–H groups in total. The Morgan fingerprint density at radius 2 is 2.19 bits per heavy atom. The normalized spacial score (nSPS) is 24.4. The molecule has 0 bridgehead atoms. The van der Waals surface area contributed by atoms with Crippen LogP contribution in [0.4, 0.5) is 0 Å². The first-order valence-electron chi connectivity index (χ1n) is 9.02. The summed E-state index contributed by atoms with van der Waals surface area (Å²) < 4.78 is 33.7. The molecule has 1 aromatic heterocycles. The van der Waals surface area contributed by atoms with Crippen molar-refractivity contribution in [3.8, 4) is 5.75 Å². The summed E-state index contributed by atoms with van der Waals surface area (Å²) in [7, 11) is -3.55. The lowest BCUT2D eigenvalue weighted by atomic mass is 10.1. The molecule has 3 heterocycles. The number of imidazole rings is 1. The van der Waals surface area contributed by atoms with Crippen LogP contribution in [0.1, 0.15) is 31.3 Å². The second-order valence-electron chi connectivity index (χ2n) is 6.88. The molecule has 1 fully saturated rings. The van der Waals surface area contributed by atoms with Crippen molar-refractivity contribution in [1.29, 1.82) is 0 Å². The molecule has 140 valence electrons. The summed E-state index contributed by atoms with van der Waals surface area (Å²) in [5.74, 6) is 1.60. The number of H-pyrrole nitrogens is 1. The summed E-state index contributed by atoms with van der Waals surface area (Å²) >= 11 is 0. The molecule has 8 heteroatoms. The highest BCUT2D eigenvalue weighted by molar-refractivity contribution is 7.89. The fourth-order valence-electron chi connectivity index (χ4n) is 3.82. The van der Waals surface area contributed by atoms with Gasteiger partial charge in [-0.25, -0.2) is 13.4 Å². The molecule has 0 saturated carbocycles. The van der Waals surface area contributed by atoms with Crippen molar-refractivity contribution in [3.05, 3.63) is 42.0 Å². The van der Waals surface area contributed by atoms with E-state index < -0.39 is 10.0 Å². The Hall–Kier alpha value is -1.90. The predicted octanol–water partition coefficient (Wildman–Crippen LogP) is 1.80. The van der Waals surface area contributed by atoms with Crippen molar-refractivity contribution in [2.75, 3.05) is 26.2 Å². The molecular formula is C18H24N4O3S. The van der Waals surface area contributed by atoms with E-state index in [0.29, 0.717) is 24.5 Å². The lowest BCUT2D eigenvalue weighted by Crippen LogP contribution is -2.50. The van der Waals surface area contributed by atoms with Gasteiger partial charge in [-0.15, -0.1) is 0 Å². The SMILES string of the molecule is CCN1CCN(S(=O)(=O)c2ccc3c(c2)C[C@H](C)O3)C[C@@H]1c1ncc[nH]1. The van der Waals surface area contributed by atoms with Gasteiger partial charge in [0.1, 0.15) is 17.7 Å². The topological polar surface area (TPSA) is 78.5 Å².